The van der Waals surface area contributed by atoms with E-state index in [1.54, 1.807) is 12.1 Å². The van der Waals surface area contributed by atoms with Crippen molar-refractivity contribution in [3.8, 4) is 17.2 Å². The van der Waals surface area contributed by atoms with Crippen molar-refractivity contribution >= 4 is 0 Å². The first-order chi connectivity index (χ1) is 10.7. The quantitative estimate of drug-likeness (QED) is 0.380. The first kappa shape index (κ1) is 18.7. The molecule has 22 heavy (non-hydrogen) atoms. The van der Waals surface area contributed by atoms with E-state index in [0.717, 1.165) is 25.7 Å². The van der Waals surface area contributed by atoms with Gasteiger partial charge in [0.1, 0.15) is 0 Å². The number of rotatable bonds is 12. The maximum absolute atomic E-state index is 9.89. The Morgan fingerprint density at radius 1 is 0.864 bits per heavy atom. The number of hydrogen-bond donors (Lipinski definition) is 2. The summed E-state index contributed by atoms with van der Waals surface area (Å²) in [5, 5.41) is 19.5. The van der Waals surface area contributed by atoms with Crippen LogP contribution in [0.5, 0.6) is 17.2 Å². The van der Waals surface area contributed by atoms with Gasteiger partial charge in [-0.1, -0.05) is 58.4 Å². The molecule has 126 valence electrons. The van der Waals surface area contributed by atoms with E-state index < -0.39 is 0 Å². The number of para-hydroxylation sites is 1. The molecule has 1 rings (SSSR count). The number of phenols is 2. The Bertz CT molecular complexity index is 392. The Kier molecular flexibility index (Phi) is 9.52. The second-order valence-corrected chi connectivity index (χ2v) is 6.06. The van der Waals surface area contributed by atoms with Crippen LogP contribution in [0.4, 0.5) is 0 Å². The summed E-state index contributed by atoms with van der Waals surface area (Å²) in [6, 6.07) is 4.90. The fourth-order valence-corrected chi connectivity index (χ4v) is 2.65. The van der Waals surface area contributed by atoms with Crippen LogP contribution in [0, 0.1) is 0 Å². The highest BCUT2D eigenvalue weighted by Crippen LogP contribution is 2.36. The molecule has 3 nitrogen and oxygen atoms in total. The van der Waals surface area contributed by atoms with Gasteiger partial charge in [-0.05, 0) is 37.8 Å². The molecule has 0 radical (unpaired) electrons. The van der Waals surface area contributed by atoms with Gasteiger partial charge in [-0.2, -0.15) is 0 Å². The molecule has 0 saturated carbocycles. The lowest BCUT2D eigenvalue weighted by Gasteiger charge is -2.20. The maximum atomic E-state index is 9.89. The summed E-state index contributed by atoms with van der Waals surface area (Å²) in [5.41, 5.74) is 0. The first-order valence-corrected chi connectivity index (χ1v) is 8.86. The molecule has 3 heteroatoms. The van der Waals surface area contributed by atoms with E-state index in [1.165, 1.54) is 44.6 Å². The van der Waals surface area contributed by atoms with Gasteiger partial charge in [0.25, 0.3) is 0 Å². The number of benzene rings is 1. The molecule has 0 aliphatic heterocycles. The summed E-state index contributed by atoms with van der Waals surface area (Å²) in [6.07, 6.45) is 11.9. The lowest BCUT2D eigenvalue weighted by Crippen LogP contribution is -2.16. The molecule has 0 heterocycles. The Balaban J connectivity index is 2.53. The van der Waals surface area contributed by atoms with Gasteiger partial charge >= 0.3 is 0 Å². The Labute approximate surface area is 135 Å². The molecule has 0 spiro atoms. The average Bonchev–Trinajstić information content (AvgIpc) is 2.52. The van der Waals surface area contributed by atoms with E-state index in [-0.39, 0.29) is 17.6 Å². The standard InChI is InChI=1S/C19H32O3/c1-3-5-7-9-12-16(13-10-8-6-4-2)22-18-15-11-14-17(20)19(18)21/h11,14-16,20-21H,3-10,12-13H2,1-2H3. The van der Waals surface area contributed by atoms with Crippen LogP contribution in [0.1, 0.15) is 78.1 Å². The van der Waals surface area contributed by atoms with Crippen LogP contribution in [0.15, 0.2) is 18.2 Å². The van der Waals surface area contributed by atoms with Crippen LogP contribution in [-0.2, 0) is 0 Å². The van der Waals surface area contributed by atoms with Gasteiger partial charge in [0.05, 0.1) is 6.10 Å². The van der Waals surface area contributed by atoms with E-state index in [4.69, 9.17) is 4.74 Å². The Morgan fingerprint density at radius 3 is 2.00 bits per heavy atom. The Hall–Kier alpha value is -1.38. The molecule has 0 fully saturated rings. The van der Waals surface area contributed by atoms with Gasteiger partial charge in [-0.3, -0.25) is 0 Å². The summed E-state index contributed by atoms with van der Waals surface area (Å²) in [7, 11) is 0. The molecule has 2 N–H and O–H groups in total. The predicted molar refractivity (Wildman–Crippen MR) is 91.7 cm³/mol. The van der Waals surface area contributed by atoms with Crippen LogP contribution in [0.2, 0.25) is 0 Å². The van der Waals surface area contributed by atoms with Gasteiger partial charge in [-0.25, -0.2) is 0 Å². The number of unbranched alkanes of at least 4 members (excludes halogenated alkanes) is 6. The summed E-state index contributed by atoms with van der Waals surface area (Å²) in [6.45, 7) is 4.42. The minimum Gasteiger partial charge on any atom is -0.504 e. The zero-order valence-corrected chi connectivity index (χ0v) is 14.2. The van der Waals surface area contributed by atoms with Crippen molar-refractivity contribution in [2.24, 2.45) is 0 Å². The highest BCUT2D eigenvalue weighted by molar-refractivity contribution is 5.48. The third-order valence-corrected chi connectivity index (χ3v) is 4.03. The van der Waals surface area contributed by atoms with Crippen molar-refractivity contribution < 1.29 is 14.9 Å². The van der Waals surface area contributed by atoms with Crippen molar-refractivity contribution in [2.45, 2.75) is 84.2 Å². The van der Waals surface area contributed by atoms with E-state index >= 15 is 0 Å². The fraction of sp³-hybridized carbons (Fsp3) is 0.684. The lowest BCUT2D eigenvalue weighted by atomic mass is 10.0. The SMILES string of the molecule is CCCCCCC(CCCCCC)Oc1cccc(O)c1O. The summed E-state index contributed by atoms with van der Waals surface area (Å²) in [4.78, 5) is 0. The minimum absolute atomic E-state index is 0.117. The van der Waals surface area contributed by atoms with Crippen molar-refractivity contribution in [3.05, 3.63) is 18.2 Å². The van der Waals surface area contributed by atoms with E-state index in [1.807, 2.05) is 0 Å². The van der Waals surface area contributed by atoms with Crippen LogP contribution in [0.25, 0.3) is 0 Å². The molecular formula is C19H32O3. The molecule has 0 aliphatic carbocycles. The minimum atomic E-state index is -0.144. The second kappa shape index (κ2) is 11.2. The number of ether oxygens (including phenoxy) is 1. The fourth-order valence-electron chi connectivity index (χ4n) is 2.65. The van der Waals surface area contributed by atoms with Crippen molar-refractivity contribution in [1.82, 2.24) is 0 Å². The van der Waals surface area contributed by atoms with Crippen LogP contribution < -0.4 is 4.74 Å². The molecule has 0 saturated heterocycles. The van der Waals surface area contributed by atoms with E-state index in [2.05, 4.69) is 13.8 Å². The zero-order valence-electron chi connectivity index (χ0n) is 14.2. The summed E-state index contributed by atoms with van der Waals surface area (Å²) in [5.74, 6) is 0.138. The monoisotopic (exact) mass is 308 g/mol. The summed E-state index contributed by atoms with van der Waals surface area (Å²) >= 11 is 0. The van der Waals surface area contributed by atoms with Gasteiger partial charge < -0.3 is 14.9 Å². The van der Waals surface area contributed by atoms with Crippen molar-refractivity contribution in [1.29, 1.82) is 0 Å². The topological polar surface area (TPSA) is 49.7 Å². The summed E-state index contributed by atoms with van der Waals surface area (Å²) < 4.78 is 5.98. The molecule has 1 aromatic carbocycles. The molecule has 0 aliphatic rings. The molecule has 0 unspecified atom stereocenters. The zero-order chi connectivity index (χ0) is 16.2. The second-order valence-electron chi connectivity index (χ2n) is 6.06. The molecular weight excluding hydrogens is 276 g/mol. The Morgan fingerprint density at radius 2 is 1.45 bits per heavy atom. The lowest BCUT2D eigenvalue weighted by molar-refractivity contribution is 0.165. The molecule has 0 amide bonds. The first-order valence-electron chi connectivity index (χ1n) is 8.86. The van der Waals surface area contributed by atoms with Crippen LogP contribution in [-0.4, -0.2) is 16.3 Å². The molecule has 0 atom stereocenters. The largest absolute Gasteiger partial charge is 0.504 e. The van der Waals surface area contributed by atoms with Gasteiger partial charge in [-0.15, -0.1) is 0 Å². The average molecular weight is 308 g/mol. The molecule has 0 bridgehead atoms. The van der Waals surface area contributed by atoms with Gasteiger partial charge in [0, 0.05) is 0 Å². The van der Waals surface area contributed by atoms with Gasteiger partial charge in [0.2, 0.25) is 5.75 Å². The van der Waals surface area contributed by atoms with Crippen LogP contribution in [0.3, 0.4) is 0 Å². The smallest absolute Gasteiger partial charge is 0.200 e. The molecule has 0 aromatic heterocycles. The molecule has 1 aromatic rings. The van der Waals surface area contributed by atoms with Gasteiger partial charge in [0.15, 0.2) is 11.5 Å². The highest BCUT2D eigenvalue weighted by Gasteiger charge is 2.14. The number of phenolic OH excluding ortho intramolecular Hbond substituents is 2. The number of hydrogen-bond acceptors (Lipinski definition) is 3. The van der Waals surface area contributed by atoms with Crippen molar-refractivity contribution in [3.63, 3.8) is 0 Å². The van der Waals surface area contributed by atoms with E-state index in [9.17, 15) is 10.2 Å². The van der Waals surface area contributed by atoms with E-state index in [0.29, 0.717) is 5.75 Å². The normalized spacial score (nSPS) is 11.0. The maximum Gasteiger partial charge on any atom is 0.200 e. The highest BCUT2D eigenvalue weighted by atomic mass is 16.5. The third-order valence-electron chi connectivity index (χ3n) is 4.03. The number of aromatic hydroxyl groups is 2. The van der Waals surface area contributed by atoms with Crippen LogP contribution >= 0.6 is 0 Å². The third kappa shape index (κ3) is 7.06. The predicted octanol–water partition coefficient (Wildman–Crippen LogP) is 5.79. The van der Waals surface area contributed by atoms with Crippen molar-refractivity contribution in [2.75, 3.05) is 0 Å².